The summed E-state index contributed by atoms with van der Waals surface area (Å²) >= 11 is 2.06. The Morgan fingerprint density at radius 1 is 1.25 bits per heavy atom. The molecule has 0 aromatic heterocycles. The van der Waals surface area contributed by atoms with Crippen LogP contribution in [0.5, 0.6) is 0 Å². The molecule has 1 N–H and O–H groups in total. The van der Waals surface area contributed by atoms with Gasteiger partial charge in [0.2, 0.25) is 0 Å². The van der Waals surface area contributed by atoms with Crippen molar-refractivity contribution in [1.29, 1.82) is 0 Å². The lowest BCUT2D eigenvalue weighted by atomic mass is 9.99. The van der Waals surface area contributed by atoms with Gasteiger partial charge < -0.3 is 5.32 Å². The maximum Gasteiger partial charge on any atom is 0.0473 e. The number of rotatable bonds is 6. The molecule has 0 bridgehead atoms. The molecule has 20 heavy (non-hydrogen) atoms. The van der Waals surface area contributed by atoms with E-state index in [-0.39, 0.29) is 0 Å². The lowest BCUT2D eigenvalue weighted by Crippen LogP contribution is -2.53. The second kappa shape index (κ2) is 6.97. The molecule has 1 heterocycles. The van der Waals surface area contributed by atoms with Gasteiger partial charge in [0.1, 0.15) is 0 Å². The van der Waals surface area contributed by atoms with Gasteiger partial charge in [0, 0.05) is 37.5 Å². The van der Waals surface area contributed by atoms with Crippen molar-refractivity contribution in [2.45, 2.75) is 31.8 Å². The van der Waals surface area contributed by atoms with Crippen LogP contribution in [0.2, 0.25) is 0 Å². The Kier molecular flexibility index (Phi) is 5.03. The van der Waals surface area contributed by atoms with Crippen LogP contribution in [0.4, 0.5) is 0 Å². The van der Waals surface area contributed by atoms with E-state index in [1.165, 1.54) is 43.0 Å². The molecule has 2 fully saturated rings. The second-order valence-electron chi connectivity index (χ2n) is 5.97. The first kappa shape index (κ1) is 14.4. The summed E-state index contributed by atoms with van der Waals surface area (Å²) in [6.07, 6.45) is 2.87. The smallest absolute Gasteiger partial charge is 0.0473 e. The first-order valence-electron chi connectivity index (χ1n) is 7.98. The molecule has 2 aliphatic rings. The Hall–Kier alpha value is -0.510. The van der Waals surface area contributed by atoms with E-state index in [0.29, 0.717) is 6.04 Å². The maximum absolute atomic E-state index is 3.80. The van der Waals surface area contributed by atoms with E-state index in [4.69, 9.17) is 0 Å². The molecule has 0 amide bonds. The van der Waals surface area contributed by atoms with Crippen LogP contribution in [0.3, 0.4) is 0 Å². The minimum absolute atomic E-state index is 0.559. The van der Waals surface area contributed by atoms with Crippen molar-refractivity contribution in [3.63, 3.8) is 0 Å². The highest BCUT2D eigenvalue weighted by molar-refractivity contribution is 7.99. The van der Waals surface area contributed by atoms with Gasteiger partial charge in [-0.3, -0.25) is 4.90 Å². The zero-order chi connectivity index (χ0) is 13.8. The molecule has 2 nitrogen and oxygen atoms in total. The summed E-state index contributed by atoms with van der Waals surface area (Å²) in [5, 5.41) is 3.80. The highest BCUT2D eigenvalue weighted by atomic mass is 32.2. The van der Waals surface area contributed by atoms with Crippen LogP contribution < -0.4 is 5.32 Å². The minimum atomic E-state index is 0.559. The molecule has 1 saturated carbocycles. The van der Waals surface area contributed by atoms with E-state index in [2.05, 4.69) is 59.2 Å². The first-order valence-corrected chi connectivity index (χ1v) is 9.14. The number of hydrogen-bond acceptors (Lipinski definition) is 3. The highest BCUT2D eigenvalue weighted by Gasteiger charge is 2.37. The molecule has 3 rings (SSSR count). The Morgan fingerprint density at radius 3 is 2.75 bits per heavy atom. The molecule has 1 aliphatic carbocycles. The normalized spacial score (nSPS) is 27.6. The number of nitrogens with one attached hydrogen (secondary N) is 1. The molecule has 1 aromatic rings. The SMILES string of the molecule is CCSCCN1CC(C2CC2)NCC1c1ccccc1. The summed E-state index contributed by atoms with van der Waals surface area (Å²) in [6, 6.07) is 12.3. The summed E-state index contributed by atoms with van der Waals surface area (Å²) in [7, 11) is 0. The lowest BCUT2D eigenvalue weighted by molar-refractivity contribution is 0.130. The zero-order valence-corrected chi connectivity index (χ0v) is 13.2. The van der Waals surface area contributed by atoms with Gasteiger partial charge in [0.25, 0.3) is 0 Å². The van der Waals surface area contributed by atoms with Crippen LogP contribution in [0.15, 0.2) is 30.3 Å². The monoisotopic (exact) mass is 290 g/mol. The zero-order valence-electron chi connectivity index (χ0n) is 12.4. The van der Waals surface area contributed by atoms with Crippen LogP contribution in [0.1, 0.15) is 31.4 Å². The van der Waals surface area contributed by atoms with E-state index in [1.807, 2.05) is 0 Å². The fraction of sp³-hybridized carbons (Fsp3) is 0.647. The van der Waals surface area contributed by atoms with Crippen LogP contribution in [-0.2, 0) is 0 Å². The van der Waals surface area contributed by atoms with E-state index in [1.54, 1.807) is 0 Å². The fourth-order valence-electron chi connectivity index (χ4n) is 3.23. The Balaban J connectivity index is 1.66. The van der Waals surface area contributed by atoms with Crippen molar-refractivity contribution >= 4 is 11.8 Å². The average molecular weight is 290 g/mol. The van der Waals surface area contributed by atoms with Gasteiger partial charge in [-0.1, -0.05) is 37.3 Å². The molecule has 0 spiro atoms. The third kappa shape index (κ3) is 3.57. The first-order chi connectivity index (χ1) is 9.88. The summed E-state index contributed by atoms with van der Waals surface area (Å²) in [4.78, 5) is 2.72. The summed E-state index contributed by atoms with van der Waals surface area (Å²) < 4.78 is 0. The summed E-state index contributed by atoms with van der Waals surface area (Å²) in [5.74, 6) is 3.44. The van der Waals surface area contributed by atoms with Gasteiger partial charge in [-0.05, 0) is 30.1 Å². The van der Waals surface area contributed by atoms with E-state index in [0.717, 1.165) is 18.5 Å². The van der Waals surface area contributed by atoms with E-state index in [9.17, 15) is 0 Å². The van der Waals surface area contributed by atoms with Crippen molar-refractivity contribution in [2.24, 2.45) is 5.92 Å². The quantitative estimate of drug-likeness (QED) is 0.810. The van der Waals surface area contributed by atoms with Crippen LogP contribution in [0, 0.1) is 5.92 Å². The average Bonchev–Trinajstić information content (AvgIpc) is 3.33. The molecule has 1 aromatic carbocycles. The Morgan fingerprint density at radius 2 is 2.05 bits per heavy atom. The minimum Gasteiger partial charge on any atom is -0.311 e. The number of nitrogens with zero attached hydrogens (tertiary/aromatic N) is 1. The number of benzene rings is 1. The topological polar surface area (TPSA) is 15.3 Å². The van der Waals surface area contributed by atoms with Crippen molar-refractivity contribution < 1.29 is 0 Å². The van der Waals surface area contributed by atoms with Crippen LogP contribution in [-0.4, -0.2) is 42.1 Å². The number of thioether (sulfide) groups is 1. The van der Waals surface area contributed by atoms with Crippen molar-refractivity contribution in [1.82, 2.24) is 10.2 Å². The summed E-state index contributed by atoms with van der Waals surface area (Å²) in [5.41, 5.74) is 1.47. The molecular formula is C17H26N2S. The number of hydrogen-bond donors (Lipinski definition) is 1. The molecule has 0 radical (unpaired) electrons. The van der Waals surface area contributed by atoms with E-state index >= 15 is 0 Å². The molecular weight excluding hydrogens is 264 g/mol. The molecule has 2 unspecified atom stereocenters. The Labute approximate surface area is 127 Å². The second-order valence-corrected chi connectivity index (χ2v) is 7.36. The standard InChI is InChI=1S/C17H26N2S/c1-2-20-11-10-19-13-16(14-8-9-14)18-12-17(19)15-6-4-3-5-7-15/h3-7,14,16-18H,2,8-13H2,1H3. The largest absolute Gasteiger partial charge is 0.311 e. The summed E-state index contributed by atoms with van der Waals surface area (Å²) in [6.45, 7) is 5.82. The molecule has 3 heteroatoms. The van der Waals surface area contributed by atoms with Crippen molar-refractivity contribution in [2.75, 3.05) is 31.1 Å². The predicted molar refractivity (Wildman–Crippen MR) is 88.3 cm³/mol. The third-order valence-corrected chi connectivity index (χ3v) is 5.43. The van der Waals surface area contributed by atoms with E-state index < -0.39 is 0 Å². The van der Waals surface area contributed by atoms with Crippen LogP contribution >= 0.6 is 11.8 Å². The Bertz CT molecular complexity index is 405. The van der Waals surface area contributed by atoms with Gasteiger partial charge in [0.15, 0.2) is 0 Å². The highest BCUT2D eigenvalue weighted by Crippen LogP contribution is 2.36. The van der Waals surface area contributed by atoms with Crippen LogP contribution in [0.25, 0.3) is 0 Å². The van der Waals surface area contributed by atoms with Gasteiger partial charge in [-0.2, -0.15) is 11.8 Å². The molecule has 110 valence electrons. The molecule has 2 atom stereocenters. The van der Waals surface area contributed by atoms with Crippen molar-refractivity contribution in [3.05, 3.63) is 35.9 Å². The van der Waals surface area contributed by atoms with Gasteiger partial charge >= 0.3 is 0 Å². The molecule has 1 saturated heterocycles. The molecule has 1 aliphatic heterocycles. The lowest BCUT2D eigenvalue weighted by Gasteiger charge is -2.41. The maximum atomic E-state index is 3.80. The van der Waals surface area contributed by atoms with Gasteiger partial charge in [-0.25, -0.2) is 0 Å². The fourth-order valence-corrected chi connectivity index (χ4v) is 3.88. The van der Waals surface area contributed by atoms with Gasteiger partial charge in [0.05, 0.1) is 0 Å². The van der Waals surface area contributed by atoms with Gasteiger partial charge in [-0.15, -0.1) is 0 Å². The predicted octanol–water partition coefficient (Wildman–Crippen LogP) is 3.16. The third-order valence-electron chi connectivity index (χ3n) is 4.55. The van der Waals surface area contributed by atoms with Crippen molar-refractivity contribution in [3.8, 4) is 0 Å². The number of piperazine rings is 1.